The predicted octanol–water partition coefficient (Wildman–Crippen LogP) is 2.19. The molecular weight excluding hydrogens is 321 g/mol. The first kappa shape index (κ1) is 13.8. The molecule has 0 radical (unpaired) electrons. The van der Waals surface area contributed by atoms with Gasteiger partial charge < -0.3 is 10.4 Å². The van der Waals surface area contributed by atoms with Crippen LogP contribution in [0.1, 0.15) is 16.8 Å². The number of halogens is 2. The maximum atomic E-state index is 13.5. The number of rotatable bonds is 3. The fourth-order valence-electron chi connectivity index (χ4n) is 1.75. The van der Waals surface area contributed by atoms with Gasteiger partial charge in [0.2, 0.25) is 0 Å². The largest absolute Gasteiger partial charge is 0.387 e. The molecule has 18 heavy (non-hydrogen) atoms. The van der Waals surface area contributed by atoms with Gasteiger partial charge >= 0.3 is 0 Å². The van der Waals surface area contributed by atoms with E-state index in [-0.39, 0.29) is 12.1 Å². The van der Waals surface area contributed by atoms with Gasteiger partial charge in [-0.25, -0.2) is 4.39 Å². The van der Waals surface area contributed by atoms with Crippen molar-refractivity contribution in [3.05, 3.63) is 34.1 Å². The molecule has 1 saturated heterocycles. The van der Waals surface area contributed by atoms with Gasteiger partial charge in [-0.05, 0) is 30.4 Å². The van der Waals surface area contributed by atoms with Crippen molar-refractivity contribution in [2.24, 2.45) is 0 Å². The lowest BCUT2D eigenvalue weighted by Crippen LogP contribution is -2.43. The molecule has 1 aliphatic heterocycles. The highest BCUT2D eigenvalue weighted by Crippen LogP contribution is 2.27. The summed E-state index contributed by atoms with van der Waals surface area (Å²) in [4.78, 5) is 11.8. The fraction of sp³-hybridized carbons (Fsp3) is 0.417. The second-order valence-corrected chi connectivity index (χ2v) is 6.35. The third kappa shape index (κ3) is 3.24. The number of nitrogens with one attached hydrogen (secondary N) is 1. The van der Waals surface area contributed by atoms with Crippen molar-refractivity contribution in [1.29, 1.82) is 0 Å². The zero-order valence-electron chi connectivity index (χ0n) is 9.58. The van der Waals surface area contributed by atoms with E-state index in [2.05, 4.69) is 21.2 Å². The lowest BCUT2D eigenvalue weighted by molar-refractivity contribution is 0.0611. The normalized spacial score (nSPS) is 23.1. The summed E-state index contributed by atoms with van der Waals surface area (Å²) in [6.45, 7) is 0.158. The van der Waals surface area contributed by atoms with Crippen LogP contribution in [-0.4, -0.2) is 34.7 Å². The molecule has 1 aliphatic rings. The highest BCUT2D eigenvalue weighted by Gasteiger charge is 2.32. The molecular formula is C12H13BrFNO2S. The molecule has 0 bridgehead atoms. The minimum absolute atomic E-state index is 0.0152. The van der Waals surface area contributed by atoms with Gasteiger partial charge in [-0.1, -0.05) is 15.9 Å². The Hall–Kier alpha value is -0.590. The average molecular weight is 334 g/mol. The van der Waals surface area contributed by atoms with E-state index in [4.69, 9.17) is 0 Å². The number of hydrogen-bond acceptors (Lipinski definition) is 3. The number of thioether (sulfide) groups is 1. The van der Waals surface area contributed by atoms with E-state index in [1.807, 2.05) is 0 Å². The molecule has 0 unspecified atom stereocenters. The fourth-order valence-corrected chi connectivity index (χ4v) is 3.40. The van der Waals surface area contributed by atoms with E-state index in [0.717, 1.165) is 5.75 Å². The van der Waals surface area contributed by atoms with Crippen LogP contribution in [0.2, 0.25) is 0 Å². The van der Waals surface area contributed by atoms with E-state index < -0.39 is 17.3 Å². The Bertz CT molecular complexity index is 463. The van der Waals surface area contributed by atoms with Gasteiger partial charge in [0.25, 0.3) is 5.91 Å². The van der Waals surface area contributed by atoms with E-state index >= 15 is 0 Å². The van der Waals surface area contributed by atoms with Gasteiger partial charge in [-0.15, -0.1) is 0 Å². The molecule has 1 aromatic rings. The SMILES string of the molecule is O=C(NC[C@]1(O)CCSC1)c1cc(Br)ccc1F. The third-order valence-corrected chi connectivity index (χ3v) is 4.56. The number of amides is 1. The van der Waals surface area contributed by atoms with Crippen molar-refractivity contribution in [3.63, 3.8) is 0 Å². The van der Waals surface area contributed by atoms with Crippen LogP contribution in [0.4, 0.5) is 4.39 Å². The van der Waals surface area contributed by atoms with E-state index in [1.165, 1.54) is 18.2 Å². The Labute approximate surface area is 117 Å². The Morgan fingerprint density at radius 3 is 3.06 bits per heavy atom. The van der Waals surface area contributed by atoms with Crippen molar-refractivity contribution in [2.75, 3.05) is 18.1 Å². The molecule has 1 aromatic carbocycles. The standard InChI is InChI=1S/C12H13BrFNO2S/c13-8-1-2-10(14)9(5-8)11(16)15-6-12(17)3-4-18-7-12/h1-2,5,17H,3-4,6-7H2,(H,15,16)/t12-/m1/s1. The molecule has 98 valence electrons. The van der Waals surface area contributed by atoms with E-state index in [0.29, 0.717) is 16.6 Å². The Morgan fingerprint density at radius 1 is 1.61 bits per heavy atom. The zero-order chi connectivity index (χ0) is 13.2. The van der Waals surface area contributed by atoms with Crippen molar-refractivity contribution in [3.8, 4) is 0 Å². The molecule has 1 fully saturated rings. The van der Waals surface area contributed by atoms with E-state index in [1.54, 1.807) is 11.8 Å². The van der Waals surface area contributed by atoms with Crippen LogP contribution in [-0.2, 0) is 0 Å². The van der Waals surface area contributed by atoms with Crippen molar-refractivity contribution in [2.45, 2.75) is 12.0 Å². The van der Waals surface area contributed by atoms with Crippen molar-refractivity contribution < 1.29 is 14.3 Å². The molecule has 0 aromatic heterocycles. The second-order valence-electron chi connectivity index (χ2n) is 4.33. The van der Waals surface area contributed by atoms with Crippen LogP contribution >= 0.6 is 27.7 Å². The predicted molar refractivity (Wildman–Crippen MR) is 73.3 cm³/mol. The van der Waals surface area contributed by atoms with Gasteiger partial charge in [0, 0.05) is 16.8 Å². The van der Waals surface area contributed by atoms with Gasteiger partial charge in [-0.3, -0.25) is 4.79 Å². The first-order valence-electron chi connectivity index (χ1n) is 5.54. The summed E-state index contributed by atoms with van der Waals surface area (Å²) >= 11 is 4.84. The summed E-state index contributed by atoms with van der Waals surface area (Å²) in [5.74, 6) is 0.425. The topological polar surface area (TPSA) is 49.3 Å². The number of aliphatic hydroxyl groups is 1. The Kier molecular flexibility index (Phi) is 4.29. The van der Waals surface area contributed by atoms with Gasteiger partial charge in [0.05, 0.1) is 11.2 Å². The van der Waals surface area contributed by atoms with Crippen molar-refractivity contribution in [1.82, 2.24) is 5.32 Å². The third-order valence-electron chi connectivity index (χ3n) is 2.83. The summed E-state index contributed by atoms with van der Waals surface area (Å²) < 4.78 is 14.1. The summed E-state index contributed by atoms with van der Waals surface area (Å²) in [5, 5.41) is 12.7. The van der Waals surface area contributed by atoms with Gasteiger partial charge in [0.15, 0.2) is 0 Å². The molecule has 1 atom stereocenters. The van der Waals surface area contributed by atoms with Crippen LogP contribution in [0.25, 0.3) is 0 Å². The second kappa shape index (κ2) is 5.59. The summed E-state index contributed by atoms with van der Waals surface area (Å²) in [6, 6.07) is 4.20. The highest BCUT2D eigenvalue weighted by atomic mass is 79.9. The summed E-state index contributed by atoms with van der Waals surface area (Å²) in [6.07, 6.45) is 0.652. The zero-order valence-corrected chi connectivity index (χ0v) is 12.0. The maximum absolute atomic E-state index is 13.5. The molecule has 0 spiro atoms. The monoisotopic (exact) mass is 333 g/mol. The van der Waals surface area contributed by atoms with Crippen LogP contribution in [0, 0.1) is 5.82 Å². The number of carbonyl (C=O) groups excluding carboxylic acids is 1. The minimum Gasteiger partial charge on any atom is -0.387 e. The molecule has 3 nitrogen and oxygen atoms in total. The number of benzene rings is 1. The van der Waals surface area contributed by atoms with E-state index in [9.17, 15) is 14.3 Å². The van der Waals surface area contributed by atoms with Gasteiger partial charge in [0.1, 0.15) is 5.82 Å². The molecule has 2 N–H and O–H groups in total. The van der Waals surface area contributed by atoms with Crippen LogP contribution in [0.15, 0.2) is 22.7 Å². The van der Waals surface area contributed by atoms with Gasteiger partial charge in [-0.2, -0.15) is 11.8 Å². The maximum Gasteiger partial charge on any atom is 0.254 e. The lowest BCUT2D eigenvalue weighted by Gasteiger charge is -2.21. The minimum atomic E-state index is -0.858. The number of hydrogen-bond donors (Lipinski definition) is 2. The van der Waals surface area contributed by atoms with Crippen molar-refractivity contribution >= 4 is 33.6 Å². The smallest absolute Gasteiger partial charge is 0.254 e. The lowest BCUT2D eigenvalue weighted by atomic mass is 10.0. The quantitative estimate of drug-likeness (QED) is 0.891. The first-order chi connectivity index (χ1) is 8.50. The molecule has 0 aliphatic carbocycles. The molecule has 6 heteroatoms. The molecule has 1 heterocycles. The first-order valence-corrected chi connectivity index (χ1v) is 7.48. The van der Waals surface area contributed by atoms with Crippen LogP contribution in [0.3, 0.4) is 0 Å². The number of carbonyl (C=O) groups is 1. The Morgan fingerprint density at radius 2 is 2.39 bits per heavy atom. The van der Waals surface area contributed by atoms with Crippen LogP contribution in [0.5, 0.6) is 0 Å². The highest BCUT2D eigenvalue weighted by molar-refractivity contribution is 9.10. The summed E-state index contributed by atoms with van der Waals surface area (Å²) in [5.41, 5.74) is -0.873. The molecule has 1 amide bonds. The molecule has 2 rings (SSSR count). The average Bonchev–Trinajstić information content (AvgIpc) is 2.77. The Balaban J connectivity index is 2.01. The van der Waals surface area contributed by atoms with Crippen LogP contribution < -0.4 is 5.32 Å². The summed E-state index contributed by atoms with van der Waals surface area (Å²) in [7, 11) is 0. The molecule has 0 saturated carbocycles.